The number of fused-ring (bicyclic) bond motifs is 2. The van der Waals surface area contributed by atoms with Gasteiger partial charge in [0, 0.05) is 16.8 Å². The van der Waals surface area contributed by atoms with Crippen LogP contribution in [0, 0.1) is 28.4 Å². The number of ether oxygens (including phenoxy) is 3. The van der Waals surface area contributed by atoms with Crippen LogP contribution in [0.2, 0.25) is 0 Å². The summed E-state index contributed by atoms with van der Waals surface area (Å²) in [5, 5.41) is 27.9. The lowest BCUT2D eigenvalue weighted by Crippen LogP contribution is -2.21. The molecule has 25 heavy (non-hydrogen) atoms. The van der Waals surface area contributed by atoms with E-state index in [4.69, 9.17) is 19.9 Å². The lowest BCUT2D eigenvalue weighted by molar-refractivity contribution is -0.385. The summed E-state index contributed by atoms with van der Waals surface area (Å²) in [7, 11) is 0. The third-order valence-electron chi connectivity index (χ3n) is 4.16. The van der Waals surface area contributed by atoms with Gasteiger partial charge in [0.1, 0.15) is 11.6 Å². The normalized spacial score (nSPS) is 17.7. The van der Waals surface area contributed by atoms with Crippen LogP contribution in [-0.4, -0.2) is 21.9 Å². The number of allylic oxidation sites excluding steroid dienone is 1. The van der Waals surface area contributed by atoms with E-state index in [-0.39, 0.29) is 41.1 Å². The first-order valence-electron chi connectivity index (χ1n) is 7.21. The molecule has 2 aliphatic rings. The highest BCUT2D eigenvalue weighted by Crippen LogP contribution is 2.48. The van der Waals surface area contributed by atoms with Crippen molar-refractivity contribution in [1.82, 2.24) is 10.2 Å². The van der Waals surface area contributed by atoms with E-state index >= 15 is 0 Å². The van der Waals surface area contributed by atoms with E-state index in [9.17, 15) is 15.4 Å². The van der Waals surface area contributed by atoms with Crippen LogP contribution < -0.4 is 19.9 Å². The topological polar surface area (TPSA) is 149 Å². The number of nitro benzene ring substituents is 1. The van der Waals surface area contributed by atoms with E-state index in [0.29, 0.717) is 17.0 Å². The average Bonchev–Trinajstić information content (AvgIpc) is 3.18. The van der Waals surface area contributed by atoms with Crippen molar-refractivity contribution in [3.8, 4) is 23.4 Å². The molecule has 2 aliphatic heterocycles. The Labute approximate surface area is 140 Å². The molecule has 1 atom stereocenters. The number of aryl methyl sites for hydroxylation is 1. The van der Waals surface area contributed by atoms with Gasteiger partial charge < -0.3 is 19.9 Å². The third-order valence-corrected chi connectivity index (χ3v) is 4.16. The molecular weight excluding hydrogens is 330 g/mol. The number of nitrogens with one attached hydrogen (secondary N) is 1. The molecule has 10 nitrogen and oxygen atoms in total. The Bertz CT molecular complexity index is 987. The van der Waals surface area contributed by atoms with Gasteiger partial charge in [-0.25, -0.2) is 0 Å². The highest BCUT2D eigenvalue weighted by atomic mass is 16.7. The smallest absolute Gasteiger partial charge is 0.277 e. The quantitative estimate of drug-likeness (QED) is 0.617. The first-order valence-corrected chi connectivity index (χ1v) is 7.21. The van der Waals surface area contributed by atoms with Crippen LogP contribution in [0.5, 0.6) is 17.4 Å². The Morgan fingerprint density at radius 2 is 2.16 bits per heavy atom. The largest absolute Gasteiger partial charge is 0.454 e. The van der Waals surface area contributed by atoms with Gasteiger partial charge in [0.25, 0.3) is 5.69 Å². The number of aromatic nitrogens is 2. The van der Waals surface area contributed by atoms with Crippen molar-refractivity contribution in [3.63, 3.8) is 0 Å². The standard InChI is InChI=1S/C15H11N5O5/c1-6-12-13(8(4-16)14(17)25-15(12)19-18-6)7-2-10-11(24-5-23-10)3-9(7)20(21)22/h2-3,13H,5,17H2,1H3,(H,18,19). The molecule has 1 aromatic carbocycles. The summed E-state index contributed by atoms with van der Waals surface area (Å²) in [6, 6.07) is 4.77. The number of rotatable bonds is 2. The molecule has 3 N–H and O–H groups in total. The van der Waals surface area contributed by atoms with E-state index in [1.807, 2.05) is 6.07 Å². The molecule has 0 radical (unpaired) electrons. The fourth-order valence-electron chi connectivity index (χ4n) is 3.05. The SMILES string of the molecule is Cc1[nH]nc2c1C(c1cc3c(cc1[N+](=O)[O-])OCO3)C(C#N)=C(N)O2. The Morgan fingerprint density at radius 1 is 1.44 bits per heavy atom. The average molecular weight is 341 g/mol. The molecule has 1 aromatic heterocycles. The van der Waals surface area contributed by atoms with Gasteiger partial charge in [-0.15, -0.1) is 5.10 Å². The first kappa shape index (κ1) is 14.8. The minimum Gasteiger partial charge on any atom is -0.454 e. The van der Waals surface area contributed by atoms with E-state index in [0.717, 1.165) is 0 Å². The van der Waals surface area contributed by atoms with E-state index in [2.05, 4.69) is 10.2 Å². The molecule has 0 aliphatic carbocycles. The molecule has 0 saturated heterocycles. The van der Waals surface area contributed by atoms with Crippen LogP contribution in [0.15, 0.2) is 23.6 Å². The number of nitrogens with zero attached hydrogens (tertiary/aromatic N) is 3. The highest BCUT2D eigenvalue weighted by Gasteiger charge is 2.39. The zero-order valence-electron chi connectivity index (χ0n) is 12.9. The highest BCUT2D eigenvalue weighted by molar-refractivity contribution is 5.64. The third kappa shape index (κ3) is 2.06. The lowest BCUT2D eigenvalue weighted by atomic mass is 9.83. The molecule has 2 aromatic rings. The molecule has 0 fully saturated rings. The molecule has 0 saturated carbocycles. The van der Waals surface area contributed by atoms with Gasteiger partial charge >= 0.3 is 0 Å². The van der Waals surface area contributed by atoms with Crippen molar-refractivity contribution in [3.05, 3.63) is 50.5 Å². The molecule has 126 valence electrons. The van der Waals surface area contributed by atoms with Crippen molar-refractivity contribution in [1.29, 1.82) is 5.26 Å². The Balaban J connectivity index is 2.02. The number of H-pyrrole nitrogens is 1. The lowest BCUT2D eigenvalue weighted by Gasteiger charge is -2.23. The van der Waals surface area contributed by atoms with E-state index < -0.39 is 10.8 Å². The van der Waals surface area contributed by atoms with Crippen LogP contribution in [0.1, 0.15) is 22.7 Å². The molecule has 0 spiro atoms. The van der Waals surface area contributed by atoms with Gasteiger partial charge in [-0.05, 0) is 13.0 Å². The summed E-state index contributed by atoms with van der Waals surface area (Å²) >= 11 is 0. The number of aromatic amines is 1. The first-order chi connectivity index (χ1) is 12.0. The summed E-state index contributed by atoms with van der Waals surface area (Å²) < 4.78 is 15.9. The van der Waals surface area contributed by atoms with Gasteiger partial charge in [-0.2, -0.15) is 5.26 Å². The van der Waals surface area contributed by atoms with Crippen LogP contribution >= 0.6 is 0 Å². The summed E-state index contributed by atoms with van der Waals surface area (Å²) in [5.74, 6) is -0.111. The summed E-state index contributed by atoms with van der Waals surface area (Å²) in [5.41, 5.74) is 7.09. The minimum absolute atomic E-state index is 0.0250. The second kappa shape index (κ2) is 5.13. The monoisotopic (exact) mass is 341 g/mol. The van der Waals surface area contributed by atoms with Crippen molar-refractivity contribution in [2.75, 3.05) is 6.79 Å². The van der Waals surface area contributed by atoms with Crippen molar-refractivity contribution in [2.45, 2.75) is 12.8 Å². The van der Waals surface area contributed by atoms with Gasteiger partial charge in [-0.1, -0.05) is 0 Å². The van der Waals surface area contributed by atoms with Crippen molar-refractivity contribution < 1.29 is 19.1 Å². The zero-order chi connectivity index (χ0) is 17.7. The summed E-state index contributed by atoms with van der Waals surface area (Å²) in [6.07, 6.45) is 0. The Morgan fingerprint density at radius 3 is 2.84 bits per heavy atom. The molecule has 3 heterocycles. The number of nitro groups is 1. The summed E-state index contributed by atoms with van der Waals surface area (Å²) in [6.45, 7) is 1.71. The Hall–Kier alpha value is -3.74. The summed E-state index contributed by atoms with van der Waals surface area (Å²) in [4.78, 5) is 11.1. The number of hydrogen-bond acceptors (Lipinski definition) is 8. The second-order valence-electron chi connectivity index (χ2n) is 5.51. The maximum Gasteiger partial charge on any atom is 0.277 e. The molecule has 4 rings (SSSR count). The fourth-order valence-corrected chi connectivity index (χ4v) is 3.05. The molecule has 0 amide bonds. The van der Waals surface area contributed by atoms with E-state index in [1.54, 1.807) is 6.92 Å². The maximum absolute atomic E-state index is 11.6. The fraction of sp³-hybridized carbons (Fsp3) is 0.200. The van der Waals surface area contributed by atoms with Crippen LogP contribution in [0.3, 0.4) is 0 Å². The van der Waals surface area contributed by atoms with Gasteiger partial charge in [0.15, 0.2) is 11.5 Å². The molecule has 1 unspecified atom stereocenters. The number of nitriles is 1. The number of benzene rings is 1. The van der Waals surface area contributed by atoms with Gasteiger partial charge in [0.05, 0.1) is 16.9 Å². The molecule has 0 bridgehead atoms. The Kier molecular flexibility index (Phi) is 3.04. The van der Waals surface area contributed by atoms with Crippen molar-refractivity contribution >= 4 is 5.69 Å². The zero-order valence-corrected chi connectivity index (χ0v) is 12.9. The number of nitrogens with two attached hydrogens (primary N) is 1. The second-order valence-corrected chi connectivity index (χ2v) is 5.51. The van der Waals surface area contributed by atoms with Crippen LogP contribution in [0.25, 0.3) is 0 Å². The predicted octanol–water partition coefficient (Wildman–Crippen LogP) is 1.57. The minimum atomic E-state index is -0.803. The van der Waals surface area contributed by atoms with Crippen LogP contribution in [0.4, 0.5) is 5.69 Å². The predicted molar refractivity (Wildman–Crippen MR) is 81.8 cm³/mol. The maximum atomic E-state index is 11.6. The van der Waals surface area contributed by atoms with Crippen LogP contribution in [-0.2, 0) is 0 Å². The number of hydrogen-bond donors (Lipinski definition) is 2. The van der Waals surface area contributed by atoms with Gasteiger partial charge in [-0.3, -0.25) is 15.2 Å². The van der Waals surface area contributed by atoms with Crippen molar-refractivity contribution in [2.24, 2.45) is 5.73 Å². The molecule has 10 heteroatoms. The van der Waals surface area contributed by atoms with E-state index in [1.165, 1.54) is 12.1 Å². The molecular formula is C15H11N5O5. The van der Waals surface area contributed by atoms with Gasteiger partial charge in [0.2, 0.25) is 18.6 Å².